The van der Waals surface area contributed by atoms with Gasteiger partial charge in [0.05, 0.1) is 19.8 Å². The maximum Gasteiger partial charge on any atom is 0.306 e. The lowest BCUT2D eigenvalue weighted by Crippen LogP contribution is -2.12. The van der Waals surface area contributed by atoms with Crippen LogP contribution in [0.3, 0.4) is 0 Å². The third-order valence-corrected chi connectivity index (χ3v) is 3.55. The van der Waals surface area contributed by atoms with Crippen LogP contribution in [0.15, 0.2) is 18.2 Å². The molecule has 23 heavy (non-hydrogen) atoms. The van der Waals surface area contributed by atoms with Crippen molar-refractivity contribution in [2.45, 2.75) is 46.1 Å². The highest BCUT2D eigenvalue weighted by Gasteiger charge is 2.18. The Morgan fingerprint density at radius 3 is 2.57 bits per heavy atom. The number of carbonyl (C=O) groups is 1. The molecule has 1 rings (SSSR count). The first kappa shape index (κ1) is 19.5. The molecule has 0 aromatic heterocycles. The summed E-state index contributed by atoms with van der Waals surface area (Å²) in [4.78, 5) is 11.7. The summed E-state index contributed by atoms with van der Waals surface area (Å²) in [5.74, 6) is 0.567. The van der Waals surface area contributed by atoms with Crippen LogP contribution in [-0.2, 0) is 25.4 Å². The summed E-state index contributed by atoms with van der Waals surface area (Å²) in [7, 11) is 1.63. The number of benzene rings is 1. The highest BCUT2D eigenvalue weighted by Crippen LogP contribution is 2.31. The second kappa shape index (κ2) is 11.0. The molecule has 0 aliphatic rings. The van der Waals surface area contributed by atoms with Crippen molar-refractivity contribution in [3.05, 3.63) is 29.3 Å². The van der Waals surface area contributed by atoms with Crippen LogP contribution >= 0.6 is 0 Å². The van der Waals surface area contributed by atoms with Crippen molar-refractivity contribution >= 4 is 5.97 Å². The number of carbonyl (C=O) groups excluding carboxylic acids is 1. The van der Waals surface area contributed by atoms with Crippen LogP contribution < -0.4 is 4.74 Å². The fourth-order valence-electron chi connectivity index (χ4n) is 2.44. The van der Waals surface area contributed by atoms with E-state index in [-0.39, 0.29) is 18.9 Å². The van der Waals surface area contributed by atoms with Crippen molar-refractivity contribution in [3.63, 3.8) is 0 Å². The molecule has 0 aliphatic heterocycles. The van der Waals surface area contributed by atoms with Crippen molar-refractivity contribution < 1.29 is 23.7 Å². The summed E-state index contributed by atoms with van der Waals surface area (Å²) in [6, 6.07) is 5.86. The lowest BCUT2D eigenvalue weighted by Gasteiger charge is -2.21. The van der Waals surface area contributed by atoms with Crippen molar-refractivity contribution in [2.75, 3.05) is 27.1 Å². The molecule has 0 N–H and O–H groups in total. The second-order valence-corrected chi connectivity index (χ2v) is 5.01. The largest absolute Gasteiger partial charge is 0.496 e. The molecule has 0 fully saturated rings. The van der Waals surface area contributed by atoms with Gasteiger partial charge in [-0.1, -0.05) is 19.1 Å². The van der Waals surface area contributed by atoms with Gasteiger partial charge in [-0.2, -0.15) is 0 Å². The van der Waals surface area contributed by atoms with Crippen LogP contribution in [0.2, 0.25) is 0 Å². The average Bonchev–Trinajstić information content (AvgIpc) is 2.57. The quantitative estimate of drug-likeness (QED) is 0.353. The number of hydrogen-bond acceptors (Lipinski definition) is 5. The Bertz CT molecular complexity index is 472. The van der Waals surface area contributed by atoms with Crippen molar-refractivity contribution in [1.82, 2.24) is 0 Å². The maximum atomic E-state index is 11.7. The number of hydrogen-bond donors (Lipinski definition) is 0. The first-order valence-electron chi connectivity index (χ1n) is 8.18. The Balaban J connectivity index is 2.93. The Hall–Kier alpha value is -1.59. The summed E-state index contributed by atoms with van der Waals surface area (Å²) in [6.07, 6.45) is 1.61. The topological polar surface area (TPSA) is 54.0 Å². The van der Waals surface area contributed by atoms with Crippen LogP contribution in [0.25, 0.3) is 0 Å². The number of esters is 1. The van der Waals surface area contributed by atoms with Crippen LogP contribution in [0, 0.1) is 0 Å². The van der Waals surface area contributed by atoms with Gasteiger partial charge in [-0.25, -0.2) is 0 Å². The minimum Gasteiger partial charge on any atom is -0.496 e. The minimum atomic E-state index is -0.201. The van der Waals surface area contributed by atoms with E-state index in [0.29, 0.717) is 26.1 Å². The van der Waals surface area contributed by atoms with Crippen LogP contribution in [0.1, 0.15) is 50.8 Å². The highest BCUT2D eigenvalue weighted by molar-refractivity contribution is 5.70. The molecule has 0 spiro atoms. The Kier molecular flexibility index (Phi) is 9.33. The summed E-state index contributed by atoms with van der Waals surface area (Å²) in [5.41, 5.74) is 2.03. The molecule has 0 radical (unpaired) electrons. The molecule has 1 aromatic carbocycles. The lowest BCUT2D eigenvalue weighted by atomic mass is 9.96. The van der Waals surface area contributed by atoms with E-state index in [1.54, 1.807) is 14.0 Å². The molecule has 0 bridgehead atoms. The molecule has 0 amide bonds. The molecule has 0 saturated carbocycles. The monoisotopic (exact) mass is 324 g/mol. The van der Waals surface area contributed by atoms with E-state index in [1.807, 2.05) is 25.1 Å². The standard InChI is InChI=1S/C18H28O5/c1-5-16(23-13-21-6-2)14-9-8-10-17(20-4)15(14)11-12-18(19)22-7-3/h8-10,16H,5-7,11-13H2,1-4H3/t16-/m1/s1. The zero-order valence-electron chi connectivity index (χ0n) is 14.6. The Labute approximate surface area is 138 Å². The predicted molar refractivity (Wildman–Crippen MR) is 88.6 cm³/mol. The second-order valence-electron chi connectivity index (χ2n) is 5.01. The van der Waals surface area contributed by atoms with E-state index in [4.69, 9.17) is 18.9 Å². The van der Waals surface area contributed by atoms with Gasteiger partial charge in [0.1, 0.15) is 12.5 Å². The molecule has 5 nitrogen and oxygen atoms in total. The smallest absolute Gasteiger partial charge is 0.306 e. The van der Waals surface area contributed by atoms with Gasteiger partial charge in [0, 0.05) is 18.6 Å². The van der Waals surface area contributed by atoms with E-state index in [0.717, 1.165) is 23.3 Å². The van der Waals surface area contributed by atoms with Crippen LogP contribution in [-0.4, -0.2) is 33.1 Å². The first-order valence-corrected chi connectivity index (χ1v) is 8.18. The van der Waals surface area contributed by atoms with Crippen molar-refractivity contribution in [3.8, 4) is 5.75 Å². The van der Waals surface area contributed by atoms with E-state index in [9.17, 15) is 4.79 Å². The molecule has 0 heterocycles. The van der Waals surface area contributed by atoms with Gasteiger partial charge in [-0.3, -0.25) is 4.79 Å². The van der Waals surface area contributed by atoms with E-state index < -0.39 is 0 Å². The fraction of sp³-hybridized carbons (Fsp3) is 0.611. The third kappa shape index (κ3) is 6.20. The summed E-state index contributed by atoms with van der Waals surface area (Å²) < 4.78 is 21.6. The molecular formula is C18H28O5. The molecule has 0 aliphatic carbocycles. The molecule has 130 valence electrons. The minimum absolute atomic E-state index is 0.0890. The molecule has 0 unspecified atom stereocenters. The van der Waals surface area contributed by atoms with Gasteiger partial charge in [0.15, 0.2) is 0 Å². The number of methoxy groups -OCH3 is 1. The molecule has 1 aromatic rings. The third-order valence-electron chi connectivity index (χ3n) is 3.55. The Morgan fingerprint density at radius 2 is 1.96 bits per heavy atom. The Morgan fingerprint density at radius 1 is 1.17 bits per heavy atom. The average molecular weight is 324 g/mol. The van der Waals surface area contributed by atoms with Gasteiger partial charge in [0.25, 0.3) is 0 Å². The maximum absolute atomic E-state index is 11.7. The molecule has 0 saturated heterocycles. The first-order chi connectivity index (χ1) is 11.2. The summed E-state index contributed by atoms with van der Waals surface area (Å²) in [5, 5.41) is 0. The SMILES string of the molecule is CCOCO[C@H](CC)c1cccc(OC)c1CCC(=O)OCC. The fourth-order valence-corrected chi connectivity index (χ4v) is 2.44. The predicted octanol–water partition coefficient (Wildman–Crippen LogP) is 3.65. The lowest BCUT2D eigenvalue weighted by molar-refractivity contribution is -0.143. The number of ether oxygens (including phenoxy) is 4. The zero-order chi connectivity index (χ0) is 17.1. The van der Waals surface area contributed by atoms with Crippen molar-refractivity contribution in [2.24, 2.45) is 0 Å². The van der Waals surface area contributed by atoms with E-state index in [1.165, 1.54) is 0 Å². The van der Waals surface area contributed by atoms with Gasteiger partial charge in [-0.05, 0) is 38.3 Å². The van der Waals surface area contributed by atoms with E-state index >= 15 is 0 Å². The van der Waals surface area contributed by atoms with Gasteiger partial charge >= 0.3 is 5.97 Å². The number of rotatable bonds is 11. The zero-order valence-corrected chi connectivity index (χ0v) is 14.6. The highest BCUT2D eigenvalue weighted by atomic mass is 16.7. The summed E-state index contributed by atoms with van der Waals surface area (Å²) in [6.45, 7) is 7.06. The van der Waals surface area contributed by atoms with Crippen LogP contribution in [0.4, 0.5) is 0 Å². The van der Waals surface area contributed by atoms with Gasteiger partial charge in [-0.15, -0.1) is 0 Å². The van der Waals surface area contributed by atoms with Crippen LogP contribution in [0.5, 0.6) is 5.75 Å². The normalized spacial score (nSPS) is 12.0. The molecule has 5 heteroatoms. The van der Waals surface area contributed by atoms with Gasteiger partial charge < -0.3 is 18.9 Å². The molecule has 1 atom stereocenters. The molecular weight excluding hydrogens is 296 g/mol. The van der Waals surface area contributed by atoms with Crippen molar-refractivity contribution in [1.29, 1.82) is 0 Å². The summed E-state index contributed by atoms with van der Waals surface area (Å²) >= 11 is 0. The van der Waals surface area contributed by atoms with Gasteiger partial charge in [0.2, 0.25) is 0 Å². The van der Waals surface area contributed by atoms with E-state index in [2.05, 4.69) is 6.92 Å².